The van der Waals surface area contributed by atoms with Crippen molar-refractivity contribution in [1.29, 1.82) is 0 Å². The summed E-state index contributed by atoms with van der Waals surface area (Å²) >= 11 is 0. The Morgan fingerprint density at radius 1 is 1.37 bits per heavy atom. The van der Waals surface area contributed by atoms with E-state index in [0.717, 1.165) is 19.3 Å². The van der Waals surface area contributed by atoms with Crippen molar-refractivity contribution in [2.45, 2.75) is 52.4 Å². The van der Waals surface area contributed by atoms with Crippen molar-refractivity contribution < 1.29 is 19.1 Å². The summed E-state index contributed by atoms with van der Waals surface area (Å²) in [6, 6.07) is 0. The van der Waals surface area contributed by atoms with Gasteiger partial charge in [-0.3, -0.25) is 9.28 Å². The van der Waals surface area contributed by atoms with Crippen molar-refractivity contribution in [2.75, 3.05) is 27.2 Å². The second kappa shape index (κ2) is 9.23. The molecule has 0 aliphatic carbocycles. The Hall–Kier alpha value is -0.710. The molecule has 0 saturated heterocycles. The second-order valence-corrected chi connectivity index (χ2v) is 5.64. The highest BCUT2D eigenvalue weighted by Crippen LogP contribution is 2.13. The molecule has 0 amide bonds. The molecule has 0 fully saturated rings. The molecule has 0 aliphatic rings. The molecule has 0 aromatic carbocycles. The van der Waals surface area contributed by atoms with Crippen molar-refractivity contribution >= 4 is 5.78 Å². The van der Waals surface area contributed by atoms with Crippen LogP contribution in [0, 0.1) is 0 Å². The van der Waals surface area contributed by atoms with Crippen LogP contribution in [0.25, 0.3) is 0 Å². The maximum absolute atomic E-state index is 12.1. The number of quaternary nitrogens is 1. The highest BCUT2D eigenvalue weighted by Gasteiger charge is 2.35. The fourth-order valence-corrected chi connectivity index (χ4v) is 2.20. The van der Waals surface area contributed by atoms with Gasteiger partial charge in [-0.1, -0.05) is 25.8 Å². The number of nitrogens with zero attached hydrogens (tertiary/aromatic N) is 1. The SMILES string of the molecule is CC=CC(=O)C(OCCCCC)[N+](C)(C)CC(C)O. The zero-order chi connectivity index (χ0) is 14.9. The summed E-state index contributed by atoms with van der Waals surface area (Å²) in [5, 5.41) is 9.56. The Kier molecular flexibility index (Phi) is 8.89. The number of likely N-dealkylation sites (N-methyl/N-ethyl adjacent to an activating group) is 1. The average Bonchev–Trinajstić information content (AvgIpc) is 2.26. The predicted octanol–water partition coefficient (Wildman–Crippen LogP) is 2.12. The first-order chi connectivity index (χ1) is 8.85. The number of unbranched alkanes of at least 4 members (excludes halogenated alkanes) is 2. The highest BCUT2D eigenvalue weighted by atomic mass is 16.5. The Labute approximate surface area is 117 Å². The monoisotopic (exact) mass is 272 g/mol. The summed E-state index contributed by atoms with van der Waals surface area (Å²) in [5.74, 6) is -0.0374. The average molecular weight is 272 g/mol. The molecule has 0 rings (SSSR count). The summed E-state index contributed by atoms with van der Waals surface area (Å²) in [5.41, 5.74) is 0. The summed E-state index contributed by atoms with van der Waals surface area (Å²) in [7, 11) is 3.83. The number of ether oxygens (including phenoxy) is 1. The van der Waals surface area contributed by atoms with Gasteiger partial charge in [0.25, 0.3) is 6.23 Å². The topological polar surface area (TPSA) is 46.5 Å². The molecule has 0 radical (unpaired) electrons. The van der Waals surface area contributed by atoms with Crippen molar-refractivity contribution in [3.8, 4) is 0 Å². The molecule has 2 unspecified atom stereocenters. The molecule has 0 aliphatic heterocycles. The van der Waals surface area contributed by atoms with Gasteiger partial charge in [0.1, 0.15) is 12.6 Å². The van der Waals surface area contributed by atoms with Gasteiger partial charge in [0.05, 0.1) is 20.7 Å². The standard InChI is InChI=1S/C15H30NO3/c1-6-8-9-11-19-15(14(18)10-7-2)16(4,5)12-13(3)17/h7,10,13,15,17H,6,8-9,11-12H2,1-5H3/q+1. The summed E-state index contributed by atoms with van der Waals surface area (Å²) < 4.78 is 6.12. The fourth-order valence-electron chi connectivity index (χ4n) is 2.20. The molecule has 4 nitrogen and oxygen atoms in total. The van der Waals surface area contributed by atoms with Gasteiger partial charge in [-0.15, -0.1) is 0 Å². The molecule has 0 aromatic rings. The minimum Gasteiger partial charge on any atom is -0.388 e. The molecule has 112 valence electrons. The Balaban J connectivity index is 4.69. The molecule has 1 N–H and O–H groups in total. The molecule has 0 heterocycles. The van der Waals surface area contributed by atoms with Crippen LogP contribution in [0.4, 0.5) is 0 Å². The maximum Gasteiger partial charge on any atom is 0.257 e. The number of hydrogen-bond donors (Lipinski definition) is 1. The van der Waals surface area contributed by atoms with Crippen molar-refractivity contribution in [1.82, 2.24) is 0 Å². The highest BCUT2D eigenvalue weighted by molar-refractivity contribution is 5.92. The lowest BCUT2D eigenvalue weighted by Gasteiger charge is -2.36. The fraction of sp³-hybridized carbons (Fsp3) is 0.800. The zero-order valence-corrected chi connectivity index (χ0v) is 13.1. The minimum absolute atomic E-state index is 0.0374. The molecule has 0 bridgehead atoms. The number of aliphatic hydroxyl groups excluding tert-OH is 1. The van der Waals surface area contributed by atoms with Crippen LogP contribution in [0.15, 0.2) is 12.2 Å². The van der Waals surface area contributed by atoms with Crippen LogP contribution in [0.3, 0.4) is 0 Å². The van der Waals surface area contributed by atoms with E-state index in [1.807, 2.05) is 21.0 Å². The third-order valence-corrected chi connectivity index (χ3v) is 2.97. The van der Waals surface area contributed by atoms with E-state index in [1.165, 1.54) is 0 Å². The van der Waals surface area contributed by atoms with Gasteiger partial charge >= 0.3 is 0 Å². The normalized spacial score (nSPS) is 15.7. The first-order valence-corrected chi connectivity index (χ1v) is 7.14. The van der Waals surface area contributed by atoms with E-state index in [1.54, 1.807) is 19.1 Å². The minimum atomic E-state index is -0.539. The van der Waals surface area contributed by atoms with Crippen LogP contribution >= 0.6 is 0 Å². The van der Waals surface area contributed by atoms with Crippen LogP contribution in [-0.4, -0.2) is 55.0 Å². The third-order valence-electron chi connectivity index (χ3n) is 2.97. The predicted molar refractivity (Wildman–Crippen MR) is 77.7 cm³/mol. The number of carbonyl (C=O) groups excluding carboxylic acids is 1. The molecule has 2 atom stereocenters. The number of allylic oxidation sites excluding steroid dienone is 1. The van der Waals surface area contributed by atoms with Gasteiger partial charge < -0.3 is 9.84 Å². The molecule has 4 heteroatoms. The van der Waals surface area contributed by atoms with Crippen LogP contribution in [0.2, 0.25) is 0 Å². The van der Waals surface area contributed by atoms with Crippen LogP contribution in [0.5, 0.6) is 0 Å². The number of ketones is 1. The van der Waals surface area contributed by atoms with Gasteiger partial charge in [-0.05, 0) is 26.3 Å². The molecule has 0 saturated carbocycles. The largest absolute Gasteiger partial charge is 0.388 e. The second-order valence-electron chi connectivity index (χ2n) is 5.64. The van der Waals surface area contributed by atoms with E-state index in [2.05, 4.69) is 6.92 Å². The molecule has 19 heavy (non-hydrogen) atoms. The number of rotatable bonds is 10. The molecular weight excluding hydrogens is 242 g/mol. The Morgan fingerprint density at radius 2 is 2.00 bits per heavy atom. The molecule has 0 spiro atoms. The lowest BCUT2D eigenvalue weighted by molar-refractivity contribution is -0.929. The van der Waals surface area contributed by atoms with Gasteiger partial charge in [0.15, 0.2) is 0 Å². The zero-order valence-electron chi connectivity index (χ0n) is 13.1. The summed E-state index contributed by atoms with van der Waals surface area (Å²) in [4.78, 5) is 12.1. The lowest BCUT2D eigenvalue weighted by atomic mass is 10.2. The Morgan fingerprint density at radius 3 is 2.47 bits per heavy atom. The van der Waals surface area contributed by atoms with E-state index in [9.17, 15) is 9.90 Å². The third kappa shape index (κ3) is 7.45. The van der Waals surface area contributed by atoms with Crippen LogP contribution in [0.1, 0.15) is 40.0 Å². The quantitative estimate of drug-likeness (QED) is 0.287. The van der Waals surface area contributed by atoms with Crippen LogP contribution < -0.4 is 0 Å². The van der Waals surface area contributed by atoms with E-state index >= 15 is 0 Å². The smallest absolute Gasteiger partial charge is 0.257 e. The summed E-state index contributed by atoms with van der Waals surface area (Å²) in [6.07, 6.45) is 5.47. The van der Waals surface area contributed by atoms with E-state index in [0.29, 0.717) is 17.6 Å². The van der Waals surface area contributed by atoms with Crippen molar-refractivity contribution in [3.63, 3.8) is 0 Å². The van der Waals surface area contributed by atoms with Gasteiger partial charge in [-0.2, -0.15) is 0 Å². The molecule has 0 aromatic heterocycles. The Bertz CT molecular complexity index is 285. The maximum atomic E-state index is 12.1. The lowest BCUT2D eigenvalue weighted by Crippen LogP contribution is -2.56. The van der Waals surface area contributed by atoms with Crippen molar-refractivity contribution in [2.24, 2.45) is 0 Å². The van der Waals surface area contributed by atoms with Gasteiger partial charge in [0.2, 0.25) is 5.78 Å². The number of carbonyl (C=O) groups is 1. The number of aliphatic hydroxyl groups is 1. The van der Waals surface area contributed by atoms with Crippen molar-refractivity contribution in [3.05, 3.63) is 12.2 Å². The first-order valence-electron chi connectivity index (χ1n) is 7.14. The van der Waals surface area contributed by atoms with Crippen LogP contribution in [-0.2, 0) is 9.53 Å². The van der Waals surface area contributed by atoms with E-state index in [-0.39, 0.29) is 5.78 Å². The van der Waals surface area contributed by atoms with E-state index < -0.39 is 12.3 Å². The number of hydrogen-bond acceptors (Lipinski definition) is 3. The summed E-state index contributed by atoms with van der Waals surface area (Å²) in [6.45, 7) is 6.76. The molecular formula is C15H30NO3+. The van der Waals surface area contributed by atoms with E-state index in [4.69, 9.17) is 4.74 Å². The van der Waals surface area contributed by atoms with Gasteiger partial charge in [-0.25, -0.2) is 0 Å². The first kappa shape index (κ1) is 18.3. The van der Waals surface area contributed by atoms with Gasteiger partial charge in [0, 0.05) is 0 Å².